The van der Waals surface area contributed by atoms with Crippen LogP contribution < -0.4 is 5.32 Å². The van der Waals surface area contributed by atoms with Crippen molar-refractivity contribution in [3.8, 4) is 11.3 Å². The van der Waals surface area contributed by atoms with Crippen molar-refractivity contribution in [3.05, 3.63) is 54.6 Å². The van der Waals surface area contributed by atoms with Crippen molar-refractivity contribution in [2.75, 3.05) is 6.61 Å². The van der Waals surface area contributed by atoms with Crippen molar-refractivity contribution in [2.24, 2.45) is 5.92 Å². The second-order valence-electron chi connectivity index (χ2n) is 6.08. The van der Waals surface area contributed by atoms with Gasteiger partial charge in [0, 0.05) is 37.0 Å². The average molecular weight is 326 g/mol. The number of aliphatic hydroxyl groups is 1. The molecule has 1 heterocycles. The van der Waals surface area contributed by atoms with Gasteiger partial charge in [-0.3, -0.25) is 4.79 Å². The summed E-state index contributed by atoms with van der Waals surface area (Å²) in [7, 11) is 0. The van der Waals surface area contributed by atoms with E-state index < -0.39 is 0 Å². The summed E-state index contributed by atoms with van der Waals surface area (Å²) >= 11 is 0. The Bertz CT molecular complexity index is 694. The van der Waals surface area contributed by atoms with E-state index in [9.17, 15) is 4.79 Å². The molecule has 0 aliphatic heterocycles. The molecule has 24 heavy (non-hydrogen) atoms. The molecule has 2 N–H and O–H groups in total. The Morgan fingerprint density at radius 3 is 2.88 bits per heavy atom. The molecule has 5 nitrogen and oxygen atoms in total. The second-order valence-corrected chi connectivity index (χ2v) is 6.08. The van der Waals surface area contributed by atoms with Gasteiger partial charge in [-0.25, -0.2) is 4.98 Å². The lowest BCUT2D eigenvalue weighted by atomic mass is 10.1. The average Bonchev–Trinajstić information content (AvgIpc) is 3.25. The van der Waals surface area contributed by atoms with E-state index in [0.717, 1.165) is 17.7 Å². The smallest absolute Gasteiger partial charge is 0.220 e. The SMILES string of the molecule is O=C(CCCc1ncc(-c2ccccc2)o1)N[C@@H]1C=C[C@H](CO)C1. The highest BCUT2D eigenvalue weighted by molar-refractivity contribution is 5.76. The van der Waals surface area contributed by atoms with Crippen molar-refractivity contribution >= 4 is 5.91 Å². The first-order chi connectivity index (χ1) is 11.7. The Kier molecular flexibility index (Phi) is 5.43. The normalized spacial score (nSPS) is 19.5. The molecule has 1 amide bonds. The molecular formula is C19H22N2O3. The quantitative estimate of drug-likeness (QED) is 0.767. The van der Waals surface area contributed by atoms with Crippen LogP contribution in [0.1, 0.15) is 25.2 Å². The Morgan fingerprint density at radius 1 is 1.29 bits per heavy atom. The molecule has 2 atom stereocenters. The van der Waals surface area contributed by atoms with Crippen molar-refractivity contribution < 1.29 is 14.3 Å². The van der Waals surface area contributed by atoms with Gasteiger partial charge in [0.1, 0.15) is 0 Å². The van der Waals surface area contributed by atoms with Crippen LogP contribution in [-0.4, -0.2) is 28.6 Å². The summed E-state index contributed by atoms with van der Waals surface area (Å²) in [4.78, 5) is 16.2. The Hall–Kier alpha value is -2.40. The van der Waals surface area contributed by atoms with E-state index in [1.807, 2.05) is 42.5 Å². The summed E-state index contributed by atoms with van der Waals surface area (Å²) in [5, 5.41) is 12.1. The first kappa shape index (κ1) is 16.5. The summed E-state index contributed by atoms with van der Waals surface area (Å²) in [6, 6.07) is 9.88. The van der Waals surface area contributed by atoms with Crippen LogP contribution in [0.15, 0.2) is 53.1 Å². The number of oxazole rings is 1. The molecule has 1 aliphatic carbocycles. The van der Waals surface area contributed by atoms with Crippen LogP contribution in [0.5, 0.6) is 0 Å². The number of hydrogen-bond acceptors (Lipinski definition) is 4. The maximum Gasteiger partial charge on any atom is 0.220 e. The van der Waals surface area contributed by atoms with E-state index in [1.54, 1.807) is 6.20 Å². The number of amides is 1. The van der Waals surface area contributed by atoms with E-state index >= 15 is 0 Å². The van der Waals surface area contributed by atoms with Gasteiger partial charge < -0.3 is 14.8 Å². The van der Waals surface area contributed by atoms with Gasteiger partial charge >= 0.3 is 0 Å². The number of aliphatic hydroxyl groups excluding tert-OH is 1. The Balaban J connectivity index is 1.41. The zero-order valence-electron chi connectivity index (χ0n) is 13.5. The molecule has 1 aromatic carbocycles. The molecule has 0 spiro atoms. The minimum Gasteiger partial charge on any atom is -0.441 e. The van der Waals surface area contributed by atoms with E-state index in [0.29, 0.717) is 25.2 Å². The number of nitrogens with zero attached hydrogens (tertiary/aromatic N) is 1. The van der Waals surface area contributed by atoms with Crippen molar-refractivity contribution in [3.63, 3.8) is 0 Å². The van der Waals surface area contributed by atoms with E-state index in [2.05, 4.69) is 10.3 Å². The predicted octanol–water partition coefficient (Wildman–Crippen LogP) is 2.72. The second kappa shape index (κ2) is 7.93. The van der Waals surface area contributed by atoms with Gasteiger partial charge in [-0.1, -0.05) is 42.5 Å². The van der Waals surface area contributed by atoms with Crippen LogP contribution in [0.3, 0.4) is 0 Å². The molecule has 0 bridgehead atoms. The molecule has 1 aliphatic rings. The fourth-order valence-corrected chi connectivity index (χ4v) is 2.86. The van der Waals surface area contributed by atoms with E-state index in [1.165, 1.54) is 0 Å². The van der Waals surface area contributed by atoms with Crippen LogP contribution >= 0.6 is 0 Å². The molecule has 126 valence electrons. The highest BCUT2D eigenvalue weighted by atomic mass is 16.4. The summed E-state index contributed by atoms with van der Waals surface area (Å²) in [6.45, 7) is 0.136. The minimum absolute atomic E-state index is 0.0260. The zero-order chi connectivity index (χ0) is 16.8. The highest BCUT2D eigenvalue weighted by Crippen LogP contribution is 2.20. The van der Waals surface area contributed by atoms with E-state index in [-0.39, 0.29) is 24.5 Å². The number of carbonyl (C=O) groups is 1. The lowest BCUT2D eigenvalue weighted by molar-refractivity contribution is -0.121. The van der Waals surface area contributed by atoms with Gasteiger partial charge in [0.05, 0.1) is 6.20 Å². The highest BCUT2D eigenvalue weighted by Gasteiger charge is 2.19. The molecule has 0 fully saturated rings. The fourth-order valence-electron chi connectivity index (χ4n) is 2.86. The summed E-state index contributed by atoms with van der Waals surface area (Å²) in [5.74, 6) is 1.60. The molecule has 0 radical (unpaired) electrons. The number of aromatic nitrogens is 1. The number of hydrogen-bond donors (Lipinski definition) is 2. The largest absolute Gasteiger partial charge is 0.441 e. The van der Waals surface area contributed by atoms with E-state index in [4.69, 9.17) is 9.52 Å². The monoisotopic (exact) mass is 326 g/mol. The molecule has 1 aromatic heterocycles. The molecule has 3 rings (SSSR count). The van der Waals surface area contributed by atoms with Crippen molar-refractivity contribution in [1.29, 1.82) is 0 Å². The molecule has 0 saturated heterocycles. The van der Waals surface area contributed by atoms with Gasteiger partial charge in [-0.2, -0.15) is 0 Å². The topological polar surface area (TPSA) is 75.4 Å². The van der Waals surface area contributed by atoms with Gasteiger partial charge in [0.25, 0.3) is 0 Å². The first-order valence-corrected chi connectivity index (χ1v) is 8.33. The van der Waals surface area contributed by atoms with Crippen LogP contribution in [0.2, 0.25) is 0 Å². The molecule has 0 saturated carbocycles. The fraction of sp³-hybridized carbons (Fsp3) is 0.368. The lowest BCUT2D eigenvalue weighted by Gasteiger charge is -2.12. The van der Waals surface area contributed by atoms with Gasteiger partial charge in [0.15, 0.2) is 11.7 Å². The van der Waals surface area contributed by atoms with Crippen LogP contribution in [0, 0.1) is 5.92 Å². The van der Waals surface area contributed by atoms with Crippen molar-refractivity contribution in [1.82, 2.24) is 10.3 Å². The number of rotatable bonds is 7. The van der Waals surface area contributed by atoms with Gasteiger partial charge in [0.2, 0.25) is 5.91 Å². The maximum atomic E-state index is 12.0. The van der Waals surface area contributed by atoms with Gasteiger partial charge in [-0.05, 0) is 12.8 Å². The standard InChI is InChI=1S/C19H22N2O3/c22-13-14-9-10-16(11-14)21-18(23)7-4-8-19-20-12-17(24-19)15-5-2-1-3-6-15/h1-3,5-6,9-10,12,14,16,22H,4,7-8,11,13H2,(H,21,23)/t14-,16+/m0/s1. The van der Waals surface area contributed by atoms with Crippen LogP contribution in [0.4, 0.5) is 0 Å². The third-order valence-corrected chi connectivity index (χ3v) is 4.16. The summed E-state index contributed by atoms with van der Waals surface area (Å²) < 4.78 is 5.73. The summed E-state index contributed by atoms with van der Waals surface area (Å²) in [6.07, 6.45) is 8.20. The van der Waals surface area contributed by atoms with Gasteiger partial charge in [-0.15, -0.1) is 0 Å². The lowest BCUT2D eigenvalue weighted by Crippen LogP contribution is -2.32. The van der Waals surface area contributed by atoms with Crippen LogP contribution in [-0.2, 0) is 11.2 Å². The molecule has 2 aromatic rings. The third kappa shape index (κ3) is 4.32. The van der Waals surface area contributed by atoms with Crippen LogP contribution in [0.25, 0.3) is 11.3 Å². The number of benzene rings is 1. The Morgan fingerprint density at radius 2 is 2.12 bits per heavy atom. The van der Waals surface area contributed by atoms with Crippen molar-refractivity contribution in [2.45, 2.75) is 31.7 Å². The number of nitrogens with one attached hydrogen (secondary N) is 1. The minimum atomic E-state index is 0.0260. The molecule has 5 heteroatoms. The molecule has 0 unspecified atom stereocenters. The Labute approximate surface area is 141 Å². The molecular weight excluding hydrogens is 304 g/mol. The maximum absolute atomic E-state index is 12.0. The number of carbonyl (C=O) groups excluding carboxylic acids is 1. The predicted molar refractivity (Wildman–Crippen MR) is 91.1 cm³/mol. The zero-order valence-corrected chi connectivity index (χ0v) is 13.5. The first-order valence-electron chi connectivity index (χ1n) is 8.33. The summed E-state index contributed by atoms with van der Waals surface area (Å²) in [5.41, 5.74) is 1.00. The third-order valence-electron chi connectivity index (χ3n) is 4.16. The number of aryl methyl sites for hydroxylation is 1.